The topological polar surface area (TPSA) is 49.4 Å². The first-order chi connectivity index (χ1) is 13.7. The highest BCUT2D eigenvalue weighted by Crippen LogP contribution is 2.28. The van der Waals surface area contributed by atoms with E-state index in [2.05, 4.69) is 38.9 Å². The van der Waals surface area contributed by atoms with Crippen molar-refractivity contribution in [2.75, 3.05) is 0 Å². The minimum atomic E-state index is 0.250. The summed E-state index contributed by atoms with van der Waals surface area (Å²) in [6.45, 7) is 2.16. The smallest absolute Gasteiger partial charge is 0.0702 e. The van der Waals surface area contributed by atoms with Gasteiger partial charge in [0.2, 0.25) is 0 Å². The van der Waals surface area contributed by atoms with Crippen molar-refractivity contribution in [3.05, 3.63) is 95.2 Å². The van der Waals surface area contributed by atoms with Crippen LogP contribution in [0.3, 0.4) is 0 Å². The first-order valence-electron chi connectivity index (χ1n) is 9.28. The number of hydrogen-bond acceptors (Lipinski definition) is 4. The van der Waals surface area contributed by atoms with E-state index in [0.29, 0.717) is 0 Å². The van der Waals surface area contributed by atoms with E-state index in [-0.39, 0.29) is 4.83 Å². The molecule has 0 aliphatic carbocycles. The van der Waals surface area contributed by atoms with Crippen LogP contribution in [0.5, 0.6) is 0 Å². The molecule has 0 aromatic rings. The molecular weight excluding hydrogens is 412 g/mol. The van der Waals surface area contributed by atoms with Gasteiger partial charge in [-0.05, 0) is 78.8 Å². The number of fused-ring (bicyclic) bond motifs is 4. The second-order valence-electron chi connectivity index (χ2n) is 6.86. The maximum atomic E-state index is 4.83. The zero-order valence-corrected chi connectivity index (χ0v) is 16.9. The Morgan fingerprint density at radius 1 is 0.643 bits per heavy atom. The van der Waals surface area contributed by atoms with Crippen LogP contribution in [0.1, 0.15) is 13.3 Å². The Morgan fingerprint density at radius 3 is 1.68 bits per heavy atom. The van der Waals surface area contributed by atoms with E-state index in [0.717, 1.165) is 52.1 Å². The third-order valence-corrected chi connectivity index (χ3v) is 5.91. The molecule has 0 fully saturated rings. The Labute approximate surface area is 172 Å². The van der Waals surface area contributed by atoms with Crippen molar-refractivity contribution in [2.45, 2.75) is 18.2 Å². The Bertz CT molecular complexity index is 1140. The van der Waals surface area contributed by atoms with Crippen LogP contribution in [0.2, 0.25) is 0 Å². The van der Waals surface area contributed by atoms with Crippen LogP contribution in [-0.2, 0) is 0 Å². The van der Waals surface area contributed by atoms with Gasteiger partial charge in [-0.3, -0.25) is 0 Å². The molecule has 1 unspecified atom stereocenters. The Kier molecular flexibility index (Phi) is 4.24. The molecule has 5 rings (SSSR count). The van der Waals surface area contributed by atoms with Crippen LogP contribution in [0.4, 0.5) is 0 Å². The normalized spacial score (nSPS) is 22.7. The zero-order valence-electron chi connectivity index (χ0n) is 15.3. The van der Waals surface area contributed by atoms with Gasteiger partial charge < -0.3 is 0 Å². The summed E-state index contributed by atoms with van der Waals surface area (Å²) in [5, 5.41) is 0. The second-order valence-corrected chi connectivity index (χ2v) is 7.96. The maximum absolute atomic E-state index is 4.83. The predicted molar refractivity (Wildman–Crippen MR) is 121 cm³/mol. The van der Waals surface area contributed by atoms with Gasteiger partial charge >= 0.3 is 0 Å². The lowest BCUT2D eigenvalue weighted by Crippen LogP contribution is -2.08. The highest BCUT2D eigenvalue weighted by atomic mass is 79.9. The van der Waals surface area contributed by atoms with Crippen LogP contribution in [-0.4, -0.2) is 27.7 Å². The number of allylic oxidation sites excluding steroid dienone is 12. The molecule has 5 heterocycles. The van der Waals surface area contributed by atoms with Gasteiger partial charge in [0.25, 0.3) is 0 Å². The van der Waals surface area contributed by atoms with Gasteiger partial charge in [-0.1, -0.05) is 22.9 Å². The molecule has 0 amide bonds. The van der Waals surface area contributed by atoms with E-state index in [4.69, 9.17) is 9.98 Å². The van der Waals surface area contributed by atoms with Crippen molar-refractivity contribution in [2.24, 2.45) is 20.0 Å². The average Bonchev–Trinajstić information content (AvgIpc) is 3.45. The SMILES string of the molecule is CCC(Br)C1=CC2=CC3=NC(=CC4=NC(=CC5=NC(=CC1=N2)C=C5)C=C4)C=C3. The minimum absolute atomic E-state index is 0.250. The average molecular weight is 429 g/mol. The fourth-order valence-electron chi connectivity index (χ4n) is 3.39. The molecule has 0 saturated heterocycles. The Morgan fingerprint density at radius 2 is 1.14 bits per heavy atom. The van der Waals surface area contributed by atoms with Crippen LogP contribution in [0.25, 0.3) is 0 Å². The summed E-state index contributed by atoms with van der Waals surface area (Å²) in [6.07, 6.45) is 23.2. The van der Waals surface area contributed by atoms with Crippen molar-refractivity contribution in [3.8, 4) is 0 Å². The van der Waals surface area contributed by atoms with E-state index in [1.165, 1.54) is 5.57 Å². The molecule has 0 radical (unpaired) electrons. The lowest BCUT2D eigenvalue weighted by molar-refractivity contribution is 0.973. The highest BCUT2D eigenvalue weighted by Gasteiger charge is 2.21. The van der Waals surface area contributed by atoms with Gasteiger partial charge in [0.05, 0.1) is 45.6 Å². The van der Waals surface area contributed by atoms with E-state index < -0.39 is 0 Å². The second kappa shape index (κ2) is 6.91. The van der Waals surface area contributed by atoms with Gasteiger partial charge in [0.1, 0.15) is 0 Å². The standard InChI is InChI=1S/C23H17BrN4/c1-2-22(24)21-12-20-11-18-6-5-16(26-18)9-14-3-4-15(25-14)10-17-7-8-19(27-17)13-23(21)28-20/h3-13,22H,2H2,1H3. The maximum Gasteiger partial charge on any atom is 0.0702 e. The molecule has 0 aromatic heterocycles. The fourth-order valence-corrected chi connectivity index (χ4v) is 3.76. The van der Waals surface area contributed by atoms with Crippen molar-refractivity contribution < 1.29 is 0 Å². The largest absolute Gasteiger partial charge is 0.249 e. The lowest BCUT2D eigenvalue weighted by atomic mass is 10.1. The highest BCUT2D eigenvalue weighted by molar-refractivity contribution is 9.09. The molecule has 5 aliphatic heterocycles. The van der Waals surface area contributed by atoms with Crippen LogP contribution < -0.4 is 0 Å². The number of rotatable bonds is 2. The van der Waals surface area contributed by atoms with E-state index in [1.54, 1.807) is 0 Å². The Hall–Kier alpha value is -2.92. The molecule has 4 nitrogen and oxygen atoms in total. The number of hydrogen-bond donors (Lipinski definition) is 0. The van der Waals surface area contributed by atoms with Gasteiger partial charge in [0, 0.05) is 4.83 Å². The molecule has 1 atom stereocenters. The molecule has 0 aromatic carbocycles. The number of alkyl halides is 1. The molecule has 5 aliphatic rings. The summed E-state index contributed by atoms with van der Waals surface area (Å²) < 4.78 is 0. The first kappa shape index (κ1) is 17.2. The fraction of sp³-hybridized carbons (Fsp3) is 0.130. The van der Waals surface area contributed by atoms with Crippen molar-refractivity contribution >= 4 is 38.8 Å². The monoisotopic (exact) mass is 428 g/mol. The molecule has 5 heteroatoms. The van der Waals surface area contributed by atoms with E-state index in [9.17, 15) is 0 Å². The molecule has 0 N–H and O–H groups in total. The molecule has 8 bridgehead atoms. The molecular formula is C23H17BrN4. The summed E-state index contributed by atoms with van der Waals surface area (Å²) >= 11 is 3.78. The third-order valence-electron chi connectivity index (χ3n) is 4.77. The minimum Gasteiger partial charge on any atom is -0.249 e. The van der Waals surface area contributed by atoms with E-state index in [1.807, 2.05) is 60.8 Å². The van der Waals surface area contributed by atoms with Crippen LogP contribution in [0.15, 0.2) is 115 Å². The van der Waals surface area contributed by atoms with Crippen molar-refractivity contribution in [1.29, 1.82) is 0 Å². The zero-order chi connectivity index (χ0) is 19.1. The molecule has 0 saturated carbocycles. The number of aliphatic imine (C=N–C) groups is 4. The Balaban J connectivity index is 1.65. The molecule has 28 heavy (non-hydrogen) atoms. The van der Waals surface area contributed by atoms with Gasteiger partial charge in [-0.15, -0.1) is 0 Å². The summed E-state index contributed by atoms with van der Waals surface area (Å²) in [7, 11) is 0. The summed E-state index contributed by atoms with van der Waals surface area (Å²) in [5.74, 6) is 0. The number of nitrogens with zero attached hydrogens (tertiary/aromatic N) is 4. The quantitative estimate of drug-likeness (QED) is 0.547. The van der Waals surface area contributed by atoms with E-state index >= 15 is 0 Å². The summed E-state index contributed by atoms with van der Waals surface area (Å²) in [5.41, 5.74) is 8.37. The summed E-state index contributed by atoms with van der Waals surface area (Å²) in [6, 6.07) is 0. The van der Waals surface area contributed by atoms with Crippen LogP contribution >= 0.6 is 15.9 Å². The van der Waals surface area contributed by atoms with Crippen molar-refractivity contribution in [1.82, 2.24) is 0 Å². The first-order valence-corrected chi connectivity index (χ1v) is 10.2. The van der Waals surface area contributed by atoms with Gasteiger partial charge in [-0.25, -0.2) is 20.0 Å². The molecule has 0 spiro atoms. The van der Waals surface area contributed by atoms with Gasteiger partial charge in [-0.2, -0.15) is 0 Å². The number of halogens is 1. The predicted octanol–water partition coefficient (Wildman–Crippen LogP) is 5.12. The third kappa shape index (κ3) is 3.34. The molecule has 136 valence electrons. The summed E-state index contributed by atoms with van der Waals surface area (Å²) in [4.78, 5) is 19.1. The van der Waals surface area contributed by atoms with Gasteiger partial charge in [0.15, 0.2) is 0 Å². The van der Waals surface area contributed by atoms with Crippen molar-refractivity contribution in [3.63, 3.8) is 0 Å². The lowest BCUT2D eigenvalue weighted by Gasteiger charge is -2.08. The van der Waals surface area contributed by atoms with Crippen LogP contribution in [0, 0.1) is 0 Å².